The number of fused-ring (bicyclic) bond motifs is 1. The van der Waals surface area contributed by atoms with Crippen LogP contribution in [0.2, 0.25) is 0 Å². The van der Waals surface area contributed by atoms with E-state index in [1.54, 1.807) is 0 Å². The summed E-state index contributed by atoms with van der Waals surface area (Å²) in [6, 6.07) is 14.4. The van der Waals surface area contributed by atoms with E-state index in [9.17, 15) is 0 Å². The van der Waals surface area contributed by atoms with E-state index >= 15 is 0 Å². The average Bonchev–Trinajstić information content (AvgIpc) is 3.33. The van der Waals surface area contributed by atoms with Crippen LogP contribution in [0.1, 0.15) is 19.5 Å². The second kappa shape index (κ2) is 10.4. The van der Waals surface area contributed by atoms with Crippen molar-refractivity contribution in [2.75, 3.05) is 0 Å². The molecule has 0 unspecified atom stereocenters. The van der Waals surface area contributed by atoms with Gasteiger partial charge in [0.15, 0.2) is 0 Å². The molecule has 0 bridgehead atoms. The van der Waals surface area contributed by atoms with Gasteiger partial charge in [0.1, 0.15) is 5.82 Å². The summed E-state index contributed by atoms with van der Waals surface area (Å²) in [6.07, 6.45) is 6.63. The summed E-state index contributed by atoms with van der Waals surface area (Å²) in [4.78, 5) is 11.7. The van der Waals surface area contributed by atoms with Crippen molar-refractivity contribution in [1.29, 1.82) is 0 Å². The van der Waals surface area contributed by atoms with Gasteiger partial charge in [0.2, 0.25) is 0 Å². The molecule has 2 aromatic heterocycles. The van der Waals surface area contributed by atoms with Crippen molar-refractivity contribution < 1.29 is 0 Å². The Kier molecular flexibility index (Phi) is 7.92. The molecule has 154 valence electrons. The van der Waals surface area contributed by atoms with Gasteiger partial charge in [-0.25, -0.2) is 4.98 Å². The van der Waals surface area contributed by atoms with Crippen molar-refractivity contribution in [3.8, 4) is 22.6 Å². The molecule has 4 rings (SSSR count). The topological polar surface area (TPSA) is 44.5 Å². The number of halogens is 3. The fraction of sp³-hybridized carbons (Fsp3) is 0.125. The van der Waals surface area contributed by atoms with Crippen molar-refractivity contribution in [2.24, 2.45) is 0 Å². The van der Waals surface area contributed by atoms with E-state index in [2.05, 4.69) is 88.6 Å². The number of imidazole rings is 1. The molecule has 6 heteroatoms. The molecule has 0 spiro atoms. The first-order valence-corrected chi connectivity index (χ1v) is 11.8. The number of hydrogen-bond acceptors (Lipinski definition) is 1. The van der Waals surface area contributed by atoms with E-state index < -0.39 is 0 Å². The van der Waals surface area contributed by atoms with E-state index in [4.69, 9.17) is 4.98 Å². The predicted octanol–water partition coefficient (Wildman–Crippen LogP) is 8.78. The summed E-state index contributed by atoms with van der Waals surface area (Å²) in [6.45, 7) is 7.86. The van der Waals surface area contributed by atoms with E-state index in [0.717, 1.165) is 54.6 Å². The highest BCUT2D eigenvalue weighted by atomic mass is 79.9. The fourth-order valence-corrected chi connectivity index (χ4v) is 3.59. The number of benzene rings is 2. The molecular weight excluding hydrogens is 570 g/mol. The normalized spacial score (nSPS) is 11.3. The zero-order valence-electron chi connectivity index (χ0n) is 16.8. The van der Waals surface area contributed by atoms with Gasteiger partial charge >= 0.3 is 0 Å². The van der Waals surface area contributed by atoms with Crippen LogP contribution in [0.5, 0.6) is 0 Å². The third-order valence-electron chi connectivity index (χ3n) is 4.54. The quantitative estimate of drug-likeness (QED) is 0.229. The van der Waals surface area contributed by atoms with Gasteiger partial charge in [-0.2, -0.15) is 0 Å². The summed E-state index contributed by atoms with van der Waals surface area (Å²) >= 11 is 10.3. The van der Waals surface area contributed by atoms with E-state index in [1.165, 1.54) is 4.48 Å². The van der Waals surface area contributed by atoms with Crippen LogP contribution in [0.4, 0.5) is 0 Å². The molecule has 0 atom stereocenters. The first-order chi connectivity index (χ1) is 14.4. The Balaban J connectivity index is 0.000000461. The standard InChI is InChI=1S/C20H15Br2N3.C4H7Br/c1-2-3-18-19(12-4-6-13(21)7-5-12)25-20(24-18)16-11-23-17-9-8-14(22)10-15(16)17;1-3-4(2)5/h2,4-11,23H,1,3H2,(H,24,25);3H,1-2H3/b;4-3+. The lowest BCUT2D eigenvalue weighted by molar-refractivity contribution is 1.16. The molecule has 0 aliphatic heterocycles. The van der Waals surface area contributed by atoms with Crippen molar-refractivity contribution in [1.82, 2.24) is 15.0 Å². The minimum absolute atomic E-state index is 0.741. The maximum atomic E-state index is 4.90. The van der Waals surface area contributed by atoms with E-state index in [1.807, 2.05) is 50.4 Å². The number of aromatic nitrogens is 3. The molecular formula is C24H22Br3N3. The SMILES string of the molecule is C/C=C(\C)Br.C=CCc1[nH]c(-c2c[nH]c3ccc(Br)cc23)nc1-c1ccc(Br)cc1. The first-order valence-electron chi connectivity index (χ1n) is 9.44. The molecule has 4 aromatic rings. The number of aromatic amines is 2. The Morgan fingerprint density at radius 3 is 2.40 bits per heavy atom. The molecule has 2 aromatic carbocycles. The number of nitrogens with zero attached hydrogens (tertiary/aromatic N) is 1. The molecule has 0 saturated carbocycles. The van der Waals surface area contributed by atoms with Gasteiger partial charge in [-0.1, -0.05) is 72.1 Å². The first kappa shape index (κ1) is 22.8. The highest BCUT2D eigenvalue weighted by Gasteiger charge is 2.15. The second-order valence-electron chi connectivity index (χ2n) is 6.68. The molecule has 0 aliphatic carbocycles. The lowest BCUT2D eigenvalue weighted by Gasteiger charge is -2.00. The van der Waals surface area contributed by atoms with Gasteiger partial charge < -0.3 is 9.97 Å². The van der Waals surface area contributed by atoms with Crippen molar-refractivity contribution >= 4 is 58.7 Å². The van der Waals surface area contributed by atoms with Crippen molar-refractivity contribution in [3.05, 3.63) is 86.5 Å². The molecule has 0 radical (unpaired) electrons. The number of hydrogen-bond donors (Lipinski definition) is 2. The molecule has 30 heavy (non-hydrogen) atoms. The molecule has 0 saturated heterocycles. The zero-order chi connectivity index (χ0) is 21.7. The summed E-state index contributed by atoms with van der Waals surface area (Å²) in [5.41, 5.74) is 5.27. The summed E-state index contributed by atoms with van der Waals surface area (Å²) in [5.74, 6) is 0.860. The monoisotopic (exact) mass is 589 g/mol. The molecule has 2 N–H and O–H groups in total. The Morgan fingerprint density at radius 2 is 1.77 bits per heavy atom. The van der Waals surface area contributed by atoms with Gasteiger partial charge in [0, 0.05) is 49.3 Å². The summed E-state index contributed by atoms with van der Waals surface area (Å²) < 4.78 is 3.29. The van der Waals surface area contributed by atoms with Crippen LogP contribution in [-0.4, -0.2) is 15.0 Å². The van der Waals surface area contributed by atoms with Crippen molar-refractivity contribution in [3.63, 3.8) is 0 Å². The van der Waals surface area contributed by atoms with Gasteiger partial charge in [-0.05, 0) is 48.7 Å². The van der Waals surface area contributed by atoms with Gasteiger partial charge in [0.05, 0.1) is 5.69 Å². The average molecular weight is 592 g/mol. The third kappa shape index (κ3) is 5.42. The van der Waals surface area contributed by atoms with Crippen LogP contribution in [0, 0.1) is 0 Å². The number of allylic oxidation sites excluding steroid dienone is 3. The summed E-state index contributed by atoms with van der Waals surface area (Å²) in [7, 11) is 0. The Bertz CT molecular complexity index is 1180. The number of rotatable bonds is 4. The van der Waals surface area contributed by atoms with Crippen LogP contribution in [0.3, 0.4) is 0 Å². The van der Waals surface area contributed by atoms with Crippen LogP contribution in [-0.2, 0) is 6.42 Å². The highest BCUT2D eigenvalue weighted by molar-refractivity contribution is 9.11. The fourth-order valence-electron chi connectivity index (χ4n) is 2.96. The van der Waals surface area contributed by atoms with E-state index in [-0.39, 0.29) is 0 Å². The van der Waals surface area contributed by atoms with E-state index in [0.29, 0.717) is 0 Å². The van der Waals surface area contributed by atoms with Crippen LogP contribution >= 0.6 is 47.8 Å². The van der Waals surface area contributed by atoms with Gasteiger partial charge in [-0.15, -0.1) is 6.58 Å². The summed E-state index contributed by atoms with van der Waals surface area (Å²) in [5, 5.41) is 1.13. The molecule has 0 aliphatic rings. The molecule has 0 amide bonds. The molecule has 2 heterocycles. The van der Waals surface area contributed by atoms with Gasteiger partial charge in [0.25, 0.3) is 0 Å². The molecule has 0 fully saturated rings. The lowest BCUT2D eigenvalue weighted by Crippen LogP contribution is -1.86. The minimum Gasteiger partial charge on any atom is -0.360 e. The maximum Gasteiger partial charge on any atom is 0.140 e. The lowest BCUT2D eigenvalue weighted by atomic mass is 10.1. The Hall–Kier alpha value is -1.89. The minimum atomic E-state index is 0.741. The van der Waals surface area contributed by atoms with Crippen molar-refractivity contribution in [2.45, 2.75) is 20.3 Å². The maximum absolute atomic E-state index is 4.90. The van der Waals surface area contributed by atoms with Crippen LogP contribution in [0.25, 0.3) is 33.5 Å². The predicted molar refractivity (Wildman–Crippen MR) is 139 cm³/mol. The molecule has 3 nitrogen and oxygen atoms in total. The van der Waals surface area contributed by atoms with Gasteiger partial charge in [-0.3, -0.25) is 0 Å². The highest BCUT2D eigenvalue weighted by Crippen LogP contribution is 2.32. The van der Waals surface area contributed by atoms with Crippen LogP contribution < -0.4 is 0 Å². The smallest absolute Gasteiger partial charge is 0.140 e. The number of H-pyrrole nitrogens is 2. The number of nitrogens with one attached hydrogen (secondary N) is 2. The Labute approximate surface area is 202 Å². The Morgan fingerprint density at radius 1 is 1.10 bits per heavy atom. The van der Waals surface area contributed by atoms with Crippen LogP contribution in [0.15, 0.2) is 80.8 Å². The third-order valence-corrected chi connectivity index (χ3v) is 6.02. The zero-order valence-corrected chi connectivity index (χ0v) is 21.5. The second-order valence-corrected chi connectivity index (χ2v) is 9.76. The largest absolute Gasteiger partial charge is 0.360 e.